The van der Waals surface area contributed by atoms with Crippen molar-refractivity contribution in [1.82, 2.24) is 19.1 Å². The summed E-state index contributed by atoms with van der Waals surface area (Å²) in [5.74, 6) is 0.899. The van der Waals surface area contributed by atoms with E-state index in [4.69, 9.17) is 0 Å². The molecule has 0 spiro atoms. The van der Waals surface area contributed by atoms with Gasteiger partial charge >= 0.3 is 0 Å². The highest BCUT2D eigenvalue weighted by atomic mass is 15.1. The Kier molecular flexibility index (Phi) is 1.46. The summed E-state index contributed by atoms with van der Waals surface area (Å²) in [5.41, 5.74) is 0.907. The molecule has 2 heterocycles. The minimum Gasteiger partial charge on any atom is -0.340 e. The molecule has 0 saturated carbocycles. The fourth-order valence-electron chi connectivity index (χ4n) is 1.14. The maximum atomic E-state index is 4.20. The lowest BCUT2D eigenvalue weighted by molar-refractivity contribution is 0.910. The van der Waals surface area contributed by atoms with Gasteiger partial charge in [-0.05, 0) is 0 Å². The first kappa shape index (κ1) is 7.09. The molecule has 2 aromatic heterocycles. The molecule has 2 rings (SSSR count). The lowest BCUT2D eigenvalue weighted by Gasteiger charge is -1.94. The zero-order valence-corrected chi connectivity index (χ0v) is 7.10. The topological polar surface area (TPSA) is 35.6 Å². The molecule has 2 aromatic rings. The van der Waals surface area contributed by atoms with Gasteiger partial charge in [-0.1, -0.05) is 0 Å². The minimum atomic E-state index is 0.899. The van der Waals surface area contributed by atoms with Crippen molar-refractivity contribution in [3.63, 3.8) is 0 Å². The Balaban J connectivity index is 2.50. The molecule has 62 valence electrons. The second-order valence-corrected chi connectivity index (χ2v) is 2.79. The van der Waals surface area contributed by atoms with Gasteiger partial charge in [-0.15, -0.1) is 0 Å². The molecule has 0 N–H and O–H groups in total. The van der Waals surface area contributed by atoms with E-state index in [9.17, 15) is 0 Å². The van der Waals surface area contributed by atoms with E-state index in [-0.39, 0.29) is 0 Å². The fraction of sp³-hybridized carbons (Fsp3) is 0.250. The van der Waals surface area contributed by atoms with Crippen LogP contribution in [-0.2, 0) is 14.1 Å². The molecule has 0 aliphatic rings. The smallest absolute Gasteiger partial charge is 0.159 e. The summed E-state index contributed by atoms with van der Waals surface area (Å²) in [6.07, 6.45) is 7.39. The van der Waals surface area contributed by atoms with E-state index in [0.717, 1.165) is 11.5 Å². The van der Waals surface area contributed by atoms with Crippen LogP contribution in [0.5, 0.6) is 0 Å². The number of rotatable bonds is 1. The van der Waals surface area contributed by atoms with E-state index < -0.39 is 0 Å². The van der Waals surface area contributed by atoms with Crippen molar-refractivity contribution in [3.05, 3.63) is 24.9 Å². The first-order valence-corrected chi connectivity index (χ1v) is 3.73. The molecule has 0 amide bonds. The van der Waals surface area contributed by atoms with E-state index in [1.807, 2.05) is 35.6 Å². The second kappa shape index (κ2) is 2.48. The predicted octanol–water partition coefficient (Wildman–Crippen LogP) is 0.821. The van der Waals surface area contributed by atoms with E-state index in [1.54, 1.807) is 12.5 Å². The molecule has 0 fully saturated rings. The number of hydrogen-bond acceptors (Lipinski definition) is 2. The molecular formula is C8H10N4. The van der Waals surface area contributed by atoms with Crippen LogP contribution >= 0.6 is 0 Å². The van der Waals surface area contributed by atoms with Gasteiger partial charge in [-0.25, -0.2) is 9.97 Å². The van der Waals surface area contributed by atoms with E-state index in [1.165, 1.54) is 0 Å². The first-order valence-electron chi connectivity index (χ1n) is 3.73. The van der Waals surface area contributed by atoms with Crippen molar-refractivity contribution in [1.29, 1.82) is 0 Å². The predicted molar refractivity (Wildman–Crippen MR) is 45.4 cm³/mol. The van der Waals surface area contributed by atoms with Gasteiger partial charge in [0.1, 0.15) is 5.69 Å². The number of aryl methyl sites for hydroxylation is 2. The van der Waals surface area contributed by atoms with Crippen molar-refractivity contribution in [3.8, 4) is 11.5 Å². The summed E-state index contributed by atoms with van der Waals surface area (Å²) in [4.78, 5) is 8.39. The average Bonchev–Trinajstić information content (AvgIpc) is 2.58. The first-order chi connectivity index (χ1) is 5.77. The maximum absolute atomic E-state index is 4.20. The molecule has 0 unspecified atom stereocenters. The number of nitrogens with zero attached hydrogens (tertiary/aromatic N) is 4. The van der Waals surface area contributed by atoms with Gasteiger partial charge < -0.3 is 9.13 Å². The molecule has 0 aliphatic heterocycles. The maximum Gasteiger partial charge on any atom is 0.159 e. The van der Waals surface area contributed by atoms with Gasteiger partial charge in [0, 0.05) is 32.7 Å². The van der Waals surface area contributed by atoms with E-state index in [0.29, 0.717) is 0 Å². The Bertz CT molecular complexity index is 385. The van der Waals surface area contributed by atoms with Gasteiger partial charge in [0.25, 0.3) is 0 Å². The van der Waals surface area contributed by atoms with Crippen molar-refractivity contribution in [2.24, 2.45) is 14.1 Å². The lowest BCUT2D eigenvalue weighted by atomic mass is 10.4. The van der Waals surface area contributed by atoms with Gasteiger partial charge in [0.05, 0.1) is 6.33 Å². The van der Waals surface area contributed by atoms with Crippen LogP contribution in [0.4, 0.5) is 0 Å². The quantitative estimate of drug-likeness (QED) is 0.622. The highest BCUT2D eigenvalue weighted by Gasteiger charge is 2.04. The van der Waals surface area contributed by atoms with Gasteiger partial charge in [0.15, 0.2) is 5.82 Å². The molecule has 0 bridgehead atoms. The molecule has 0 radical (unpaired) electrons. The summed E-state index contributed by atoms with van der Waals surface area (Å²) in [6.45, 7) is 0. The second-order valence-electron chi connectivity index (χ2n) is 2.79. The van der Waals surface area contributed by atoms with Crippen molar-refractivity contribution >= 4 is 0 Å². The molecule has 0 aliphatic carbocycles. The Morgan fingerprint density at radius 3 is 2.58 bits per heavy atom. The Hall–Kier alpha value is -1.58. The standard InChI is InChI=1S/C8H10N4/c1-11-5-7(10-6-11)8-9-3-4-12(8)2/h3-6H,1-2H3. The van der Waals surface area contributed by atoms with Crippen LogP contribution in [0.1, 0.15) is 0 Å². The number of imidazole rings is 2. The molecule has 0 aromatic carbocycles. The third-order valence-electron chi connectivity index (χ3n) is 1.76. The monoisotopic (exact) mass is 162 g/mol. The minimum absolute atomic E-state index is 0.899. The van der Waals surface area contributed by atoms with Crippen LogP contribution in [0, 0.1) is 0 Å². The van der Waals surface area contributed by atoms with E-state index >= 15 is 0 Å². The van der Waals surface area contributed by atoms with Crippen LogP contribution in [-0.4, -0.2) is 19.1 Å². The normalized spacial score (nSPS) is 10.5. The van der Waals surface area contributed by atoms with Crippen LogP contribution in [0.2, 0.25) is 0 Å². The number of hydrogen-bond donors (Lipinski definition) is 0. The zero-order chi connectivity index (χ0) is 8.55. The molecule has 0 atom stereocenters. The van der Waals surface area contributed by atoms with Crippen molar-refractivity contribution in [2.45, 2.75) is 0 Å². The zero-order valence-electron chi connectivity index (χ0n) is 7.10. The largest absolute Gasteiger partial charge is 0.340 e. The van der Waals surface area contributed by atoms with Crippen LogP contribution < -0.4 is 0 Å². The Morgan fingerprint density at radius 1 is 1.25 bits per heavy atom. The third kappa shape index (κ3) is 1.01. The van der Waals surface area contributed by atoms with Crippen LogP contribution in [0.15, 0.2) is 24.9 Å². The van der Waals surface area contributed by atoms with Crippen LogP contribution in [0.3, 0.4) is 0 Å². The van der Waals surface area contributed by atoms with E-state index in [2.05, 4.69) is 9.97 Å². The van der Waals surface area contributed by atoms with Crippen molar-refractivity contribution in [2.75, 3.05) is 0 Å². The summed E-state index contributed by atoms with van der Waals surface area (Å²) >= 11 is 0. The highest BCUT2D eigenvalue weighted by molar-refractivity contribution is 5.47. The summed E-state index contributed by atoms with van der Waals surface area (Å²) in [6, 6.07) is 0. The molecule has 4 heteroatoms. The molecule has 0 saturated heterocycles. The fourth-order valence-corrected chi connectivity index (χ4v) is 1.14. The third-order valence-corrected chi connectivity index (χ3v) is 1.76. The summed E-state index contributed by atoms with van der Waals surface area (Å²) in [5, 5.41) is 0. The lowest BCUT2D eigenvalue weighted by Crippen LogP contribution is -1.90. The summed E-state index contributed by atoms with van der Waals surface area (Å²) < 4.78 is 3.85. The number of aromatic nitrogens is 4. The molecular weight excluding hydrogens is 152 g/mol. The highest BCUT2D eigenvalue weighted by Crippen LogP contribution is 2.12. The van der Waals surface area contributed by atoms with Gasteiger partial charge in [0.2, 0.25) is 0 Å². The van der Waals surface area contributed by atoms with Gasteiger partial charge in [-0.3, -0.25) is 0 Å². The Labute approximate surface area is 70.5 Å². The Morgan fingerprint density at radius 2 is 2.08 bits per heavy atom. The molecule has 4 nitrogen and oxygen atoms in total. The van der Waals surface area contributed by atoms with Crippen LogP contribution in [0.25, 0.3) is 11.5 Å². The van der Waals surface area contributed by atoms with Gasteiger partial charge in [-0.2, -0.15) is 0 Å². The SMILES string of the molecule is Cn1cnc(-c2nccn2C)c1. The average molecular weight is 162 g/mol. The summed E-state index contributed by atoms with van der Waals surface area (Å²) in [7, 11) is 3.90. The molecule has 12 heavy (non-hydrogen) atoms. The van der Waals surface area contributed by atoms with Crippen molar-refractivity contribution < 1.29 is 0 Å².